The summed E-state index contributed by atoms with van der Waals surface area (Å²) >= 11 is 0. The second-order valence-corrected chi connectivity index (χ2v) is 4.55. The Morgan fingerprint density at radius 1 is 1.18 bits per heavy atom. The van der Waals surface area contributed by atoms with E-state index < -0.39 is 18.1 Å². The predicted molar refractivity (Wildman–Crippen MR) is 73.9 cm³/mol. The third-order valence-electron chi connectivity index (χ3n) is 2.92. The van der Waals surface area contributed by atoms with Crippen LogP contribution in [-0.4, -0.2) is 28.1 Å². The molecule has 0 radical (unpaired) electrons. The van der Waals surface area contributed by atoms with E-state index in [0.29, 0.717) is 5.56 Å². The van der Waals surface area contributed by atoms with Gasteiger partial charge in [0.25, 0.3) is 5.91 Å². The molecule has 5 nitrogen and oxygen atoms in total. The quantitative estimate of drug-likeness (QED) is 0.904. The molecule has 1 atom stereocenters. The Balaban J connectivity index is 2.17. The van der Waals surface area contributed by atoms with Crippen molar-refractivity contribution >= 4 is 11.7 Å². The standard InChI is InChI=1S/C14H13F3N4O/c15-14(16,17)10(8-9-4-2-1-3-5-9)21-13(22)11-12(18)20-7-6-19-11/h1-7,10H,8H2,(H2,18,20)(H,21,22). The number of nitrogens with two attached hydrogens (primary N) is 1. The number of aromatic nitrogens is 2. The van der Waals surface area contributed by atoms with E-state index in [1.54, 1.807) is 30.3 Å². The van der Waals surface area contributed by atoms with E-state index >= 15 is 0 Å². The van der Waals surface area contributed by atoms with Crippen LogP contribution in [0.4, 0.5) is 19.0 Å². The molecular formula is C14H13F3N4O. The van der Waals surface area contributed by atoms with E-state index in [-0.39, 0.29) is 17.9 Å². The van der Waals surface area contributed by atoms with E-state index in [4.69, 9.17) is 5.73 Å². The minimum absolute atomic E-state index is 0.222. The molecule has 0 bridgehead atoms. The first-order valence-corrected chi connectivity index (χ1v) is 6.36. The van der Waals surface area contributed by atoms with Gasteiger partial charge in [-0.05, 0) is 5.56 Å². The zero-order chi connectivity index (χ0) is 16.2. The van der Waals surface area contributed by atoms with Gasteiger partial charge in [-0.15, -0.1) is 0 Å². The van der Waals surface area contributed by atoms with Gasteiger partial charge in [-0.2, -0.15) is 13.2 Å². The summed E-state index contributed by atoms with van der Waals surface area (Å²) in [6.07, 6.45) is -2.54. The molecule has 2 aromatic rings. The summed E-state index contributed by atoms with van der Waals surface area (Å²) in [4.78, 5) is 19.2. The average Bonchev–Trinajstić information content (AvgIpc) is 2.47. The molecule has 0 aliphatic heterocycles. The molecule has 8 heteroatoms. The molecule has 1 heterocycles. The summed E-state index contributed by atoms with van der Waals surface area (Å²) in [5, 5.41) is 1.92. The van der Waals surface area contributed by atoms with Crippen LogP contribution >= 0.6 is 0 Å². The number of hydrogen-bond acceptors (Lipinski definition) is 4. The van der Waals surface area contributed by atoms with Crippen LogP contribution in [0.5, 0.6) is 0 Å². The van der Waals surface area contributed by atoms with Crippen molar-refractivity contribution < 1.29 is 18.0 Å². The second-order valence-electron chi connectivity index (χ2n) is 4.55. The summed E-state index contributed by atoms with van der Waals surface area (Å²) in [6.45, 7) is 0. The molecule has 1 aromatic carbocycles. The zero-order valence-electron chi connectivity index (χ0n) is 11.3. The highest BCUT2D eigenvalue weighted by molar-refractivity contribution is 5.96. The summed E-state index contributed by atoms with van der Waals surface area (Å²) in [6, 6.07) is 6.04. The molecule has 22 heavy (non-hydrogen) atoms. The number of nitrogens with zero attached hydrogens (tertiary/aromatic N) is 2. The highest BCUT2D eigenvalue weighted by Gasteiger charge is 2.41. The van der Waals surface area contributed by atoms with Crippen LogP contribution in [0.2, 0.25) is 0 Å². The monoisotopic (exact) mass is 310 g/mol. The first-order valence-electron chi connectivity index (χ1n) is 6.36. The Bertz CT molecular complexity index is 646. The molecule has 3 N–H and O–H groups in total. The average molecular weight is 310 g/mol. The molecule has 1 unspecified atom stereocenters. The SMILES string of the molecule is Nc1nccnc1C(=O)NC(Cc1ccccc1)C(F)(F)F. The van der Waals surface area contributed by atoms with Crippen LogP contribution in [0, 0.1) is 0 Å². The number of carbonyl (C=O) groups is 1. The van der Waals surface area contributed by atoms with Gasteiger partial charge in [0.1, 0.15) is 6.04 Å². The summed E-state index contributed by atoms with van der Waals surface area (Å²) < 4.78 is 39.3. The molecule has 0 fully saturated rings. The molecule has 116 valence electrons. The molecule has 0 aliphatic carbocycles. The van der Waals surface area contributed by atoms with Gasteiger partial charge in [0.05, 0.1) is 0 Å². The largest absolute Gasteiger partial charge is 0.408 e. The maximum Gasteiger partial charge on any atom is 0.408 e. The Kier molecular flexibility index (Phi) is 4.59. The molecule has 0 saturated carbocycles. The lowest BCUT2D eigenvalue weighted by molar-refractivity contribution is -0.153. The van der Waals surface area contributed by atoms with Gasteiger partial charge in [0.2, 0.25) is 0 Å². The van der Waals surface area contributed by atoms with E-state index in [0.717, 1.165) is 0 Å². The van der Waals surface area contributed by atoms with Crippen LogP contribution in [0.15, 0.2) is 42.7 Å². The van der Waals surface area contributed by atoms with E-state index in [2.05, 4.69) is 9.97 Å². The number of nitrogen functional groups attached to an aromatic ring is 1. The van der Waals surface area contributed by atoms with E-state index in [9.17, 15) is 18.0 Å². The van der Waals surface area contributed by atoms with Gasteiger partial charge in [0, 0.05) is 18.8 Å². The Hall–Kier alpha value is -2.64. The minimum Gasteiger partial charge on any atom is -0.382 e. The van der Waals surface area contributed by atoms with Crippen molar-refractivity contribution in [1.29, 1.82) is 0 Å². The van der Waals surface area contributed by atoms with Gasteiger partial charge in [-0.25, -0.2) is 9.97 Å². The third-order valence-corrected chi connectivity index (χ3v) is 2.92. The summed E-state index contributed by atoms with van der Waals surface area (Å²) in [5.74, 6) is -1.23. The number of anilines is 1. The van der Waals surface area contributed by atoms with Gasteiger partial charge < -0.3 is 11.1 Å². The number of nitrogens with one attached hydrogen (secondary N) is 1. The normalized spacial score (nSPS) is 12.7. The van der Waals surface area contributed by atoms with Gasteiger partial charge in [-0.3, -0.25) is 4.79 Å². The number of halogens is 3. The first-order chi connectivity index (χ1) is 10.4. The van der Waals surface area contributed by atoms with Crippen LogP contribution in [0.25, 0.3) is 0 Å². The zero-order valence-corrected chi connectivity index (χ0v) is 11.3. The van der Waals surface area contributed by atoms with Crippen molar-refractivity contribution in [2.45, 2.75) is 18.6 Å². The maximum atomic E-state index is 13.1. The fraction of sp³-hybridized carbons (Fsp3) is 0.214. The molecule has 0 aliphatic rings. The minimum atomic E-state index is -4.59. The van der Waals surface area contributed by atoms with Gasteiger partial charge in [0.15, 0.2) is 11.5 Å². The van der Waals surface area contributed by atoms with E-state index in [1.807, 2.05) is 5.32 Å². The summed E-state index contributed by atoms with van der Waals surface area (Å²) in [5.41, 5.74) is 5.57. The van der Waals surface area contributed by atoms with Crippen molar-refractivity contribution in [3.8, 4) is 0 Å². The summed E-state index contributed by atoms with van der Waals surface area (Å²) in [7, 11) is 0. The molecule has 2 rings (SSSR count). The topological polar surface area (TPSA) is 80.9 Å². The van der Waals surface area contributed by atoms with Crippen molar-refractivity contribution in [2.75, 3.05) is 5.73 Å². The van der Waals surface area contributed by atoms with Crippen LogP contribution in [0.3, 0.4) is 0 Å². The second kappa shape index (κ2) is 6.42. The van der Waals surface area contributed by atoms with Gasteiger partial charge >= 0.3 is 6.18 Å². The molecule has 0 saturated heterocycles. The Labute approximate surface area is 124 Å². The number of hydrogen-bond donors (Lipinski definition) is 2. The first kappa shape index (κ1) is 15.7. The number of carbonyl (C=O) groups excluding carboxylic acids is 1. The number of amides is 1. The highest BCUT2D eigenvalue weighted by Crippen LogP contribution is 2.23. The molecule has 0 spiro atoms. The molecule has 1 amide bonds. The Morgan fingerprint density at radius 3 is 2.41 bits per heavy atom. The van der Waals surface area contributed by atoms with Crippen molar-refractivity contribution in [1.82, 2.24) is 15.3 Å². The van der Waals surface area contributed by atoms with Crippen molar-refractivity contribution in [2.24, 2.45) is 0 Å². The van der Waals surface area contributed by atoms with Crippen LogP contribution < -0.4 is 11.1 Å². The van der Waals surface area contributed by atoms with Crippen molar-refractivity contribution in [3.63, 3.8) is 0 Å². The van der Waals surface area contributed by atoms with Crippen molar-refractivity contribution in [3.05, 3.63) is 54.0 Å². The van der Waals surface area contributed by atoms with E-state index in [1.165, 1.54) is 12.4 Å². The Morgan fingerprint density at radius 2 is 1.82 bits per heavy atom. The fourth-order valence-electron chi connectivity index (χ4n) is 1.85. The number of alkyl halides is 3. The lowest BCUT2D eigenvalue weighted by atomic mass is 10.1. The highest BCUT2D eigenvalue weighted by atomic mass is 19.4. The third kappa shape index (κ3) is 3.94. The molecular weight excluding hydrogens is 297 g/mol. The fourth-order valence-corrected chi connectivity index (χ4v) is 1.85. The lowest BCUT2D eigenvalue weighted by Gasteiger charge is -2.21. The lowest BCUT2D eigenvalue weighted by Crippen LogP contribution is -2.47. The molecule has 1 aromatic heterocycles. The van der Waals surface area contributed by atoms with Crippen LogP contribution in [0.1, 0.15) is 16.1 Å². The maximum absolute atomic E-state index is 13.1. The number of rotatable bonds is 4. The number of benzene rings is 1. The predicted octanol–water partition coefficient (Wildman–Crippen LogP) is 1.96. The van der Waals surface area contributed by atoms with Crippen LogP contribution in [-0.2, 0) is 6.42 Å². The smallest absolute Gasteiger partial charge is 0.382 e. The van der Waals surface area contributed by atoms with Gasteiger partial charge in [-0.1, -0.05) is 30.3 Å².